The SMILES string of the molecule is CCOc1ccc([C@@H]2NC(=O)NC(C)=C2C(=O)OCCCl)cc1OC. The highest BCUT2D eigenvalue weighted by Gasteiger charge is 2.32. The molecule has 0 bridgehead atoms. The topological polar surface area (TPSA) is 85.9 Å². The van der Waals surface area contributed by atoms with Gasteiger partial charge in [-0.25, -0.2) is 9.59 Å². The number of carbonyl (C=O) groups is 2. The van der Waals surface area contributed by atoms with Crippen molar-refractivity contribution in [2.24, 2.45) is 0 Å². The second kappa shape index (κ2) is 8.62. The fraction of sp³-hybridized carbons (Fsp3) is 0.412. The predicted molar refractivity (Wildman–Crippen MR) is 93.0 cm³/mol. The molecule has 1 atom stereocenters. The first-order valence-corrected chi connectivity index (χ1v) is 8.37. The lowest BCUT2D eigenvalue weighted by Crippen LogP contribution is -2.45. The number of benzene rings is 1. The molecule has 1 heterocycles. The molecule has 8 heteroatoms. The lowest BCUT2D eigenvalue weighted by atomic mass is 9.95. The summed E-state index contributed by atoms with van der Waals surface area (Å²) in [6, 6.07) is 4.17. The molecule has 0 saturated heterocycles. The molecule has 0 spiro atoms. The van der Waals surface area contributed by atoms with Crippen molar-refractivity contribution in [3.8, 4) is 11.5 Å². The van der Waals surface area contributed by atoms with Gasteiger partial charge in [0.15, 0.2) is 11.5 Å². The molecule has 0 unspecified atom stereocenters. The Bertz CT molecular complexity index is 690. The number of halogens is 1. The van der Waals surface area contributed by atoms with Crippen molar-refractivity contribution in [2.75, 3.05) is 26.2 Å². The summed E-state index contributed by atoms with van der Waals surface area (Å²) in [7, 11) is 1.53. The molecule has 0 radical (unpaired) electrons. The largest absolute Gasteiger partial charge is 0.493 e. The lowest BCUT2D eigenvalue weighted by Gasteiger charge is -2.28. The maximum Gasteiger partial charge on any atom is 0.338 e. The molecule has 2 N–H and O–H groups in total. The molecular weight excluding hydrogens is 348 g/mol. The Morgan fingerprint density at radius 2 is 2.08 bits per heavy atom. The van der Waals surface area contributed by atoms with E-state index in [1.165, 1.54) is 7.11 Å². The van der Waals surface area contributed by atoms with E-state index in [4.69, 9.17) is 25.8 Å². The van der Waals surface area contributed by atoms with Crippen LogP contribution in [0.5, 0.6) is 11.5 Å². The summed E-state index contributed by atoms with van der Waals surface area (Å²) in [5.41, 5.74) is 1.42. The molecule has 1 aliphatic heterocycles. The molecule has 1 aromatic carbocycles. The van der Waals surface area contributed by atoms with Crippen molar-refractivity contribution in [3.63, 3.8) is 0 Å². The molecule has 2 rings (SSSR count). The number of alkyl halides is 1. The van der Waals surface area contributed by atoms with E-state index in [1.807, 2.05) is 6.92 Å². The molecule has 25 heavy (non-hydrogen) atoms. The van der Waals surface area contributed by atoms with Gasteiger partial charge in [0.2, 0.25) is 0 Å². The van der Waals surface area contributed by atoms with Gasteiger partial charge in [0.25, 0.3) is 0 Å². The average molecular weight is 369 g/mol. The molecule has 0 aromatic heterocycles. The van der Waals surface area contributed by atoms with Crippen LogP contribution in [0.3, 0.4) is 0 Å². The minimum Gasteiger partial charge on any atom is -0.493 e. The number of allylic oxidation sites excluding steroid dienone is 1. The van der Waals surface area contributed by atoms with E-state index in [2.05, 4.69) is 10.6 Å². The fourth-order valence-corrected chi connectivity index (χ4v) is 2.64. The molecule has 1 aromatic rings. The molecule has 136 valence electrons. The molecular formula is C17H21ClN2O5. The van der Waals surface area contributed by atoms with Crippen molar-refractivity contribution < 1.29 is 23.8 Å². The van der Waals surface area contributed by atoms with Crippen molar-refractivity contribution in [1.29, 1.82) is 0 Å². The zero-order chi connectivity index (χ0) is 18.4. The Balaban J connectivity index is 2.41. The van der Waals surface area contributed by atoms with E-state index in [1.54, 1.807) is 25.1 Å². The van der Waals surface area contributed by atoms with Crippen LogP contribution in [0, 0.1) is 0 Å². The standard InChI is InChI=1S/C17H21ClN2O5/c1-4-24-12-6-5-11(9-13(12)23-3)15-14(16(21)25-8-7-18)10(2)19-17(22)20-15/h5-6,9,15H,4,7-8H2,1-3H3,(H2,19,20,22)/t15-/m0/s1. The Labute approximate surface area is 151 Å². The van der Waals surface area contributed by atoms with E-state index in [9.17, 15) is 9.59 Å². The van der Waals surface area contributed by atoms with Crippen LogP contribution in [-0.2, 0) is 9.53 Å². The van der Waals surface area contributed by atoms with E-state index >= 15 is 0 Å². The second-order valence-corrected chi connectivity index (χ2v) is 5.62. The van der Waals surface area contributed by atoms with Crippen LogP contribution in [0.4, 0.5) is 4.79 Å². The fourth-order valence-electron chi connectivity index (χ4n) is 2.56. The number of ether oxygens (including phenoxy) is 3. The third-order valence-corrected chi connectivity index (χ3v) is 3.77. The van der Waals surface area contributed by atoms with Crippen LogP contribution in [0.2, 0.25) is 0 Å². The van der Waals surface area contributed by atoms with E-state index < -0.39 is 18.0 Å². The highest BCUT2D eigenvalue weighted by molar-refractivity contribution is 6.18. The summed E-state index contributed by atoms with van der Waals surface area (Å²) in [6.07, 6.45) is 0. The molecule has 7 nitrogen and oxygen atoms in total. The normalized spacial score (nSPS) is 16.8. The number of hydrogen-bond acceptors (Lipinski definition) is 5. The van der Waals surface area contributed by atoms with Crippen molar-refractivity contribution in [2.45, 2.75) is 19.9 Å². The van der Waals surface area contributed by atoms with Gasteiger partial charge in [-0.1, -0.05) is 6.07 Å². The van der Waals surface area contributed by atoms with Crippen molar-refractivity contribution in [3.05, 3.63) is 35.0 Å². The number of methoxy groups -OCH3 is 1. The Morgan fingerprint density at radius 1 is 1.32 bits per heavy atom. The van der Waals surface area contributed by atoms with Crippen LogP contribution in [-0.4, -0.2) is 38.2 Å². The van der Waals surface area contributed by atoms with Gasteiger partial charge < -0.3 is 24.8 Å². The number of carbonyl (C=O) groups excluding carboxylic acids is 2. The summed E-state index contributed by atoms with van der Waals surface area (Å²) < 4.78 is 16.0. The summed E-state index contributed by atoms with van der Waals surface area (Å²) in [4.78, 5) is 24.3. The molecule has 0 saturated carbocycles. The second-order valence-electron chi connectivity index (χ2n) is 5.24. The van der Waals surface area contributed by atoms with Gasteiger partial charge in [-0.15, -0.1) is 11.6 Å². The van der Waals surface area contributed by atoms with Crippen LogP contribution in [0.25, 0.3) is 0 Å². The van der Waals surface area contributed by atoms with E-state index in [0.717, 1.165) is 0 Å². The summed E-state index contributed by atoms with van der Waals surface area (Å²) in [5, 5.41) is 5.32. The average Bonchev–Trinajstić information content (AvgIpc) is 2.59. The van der Waals surface area contributed by atoms with Crippen LogP contribution in [0.15, 0.2) is 29.5 Å². The molecule has 0 aliphatic carbocycles. The minimum absolute atomic E-state index is 0.0877. The number of nitrogens with one attached hydrogen (secondary N) is 2. The number of esters is 1. The van der Waals surface area contributed by atoms with Gasteiger partial charge in [-0.3, -0.25) is 0 Å². The summed E-state index contributed by atoms with van der Waals surface area (Å²) in [5.74, 6) is 0.752. The zero-order valence-electron chi connectivity index (χ0n) is 14.3. The third kappa shape index (κ3) is 4.36. The predicted octanol–water partition coefficient (Wildman–Crippen LogP) is 2.50. The van der Waals surface area contributed by atoms with Gasteiger partial charge in [0.05, 0.1) is 31.2 Å². The van der Waals surface area contributed by atoms with Crippen LogP contribution in [0.1, 0.15) is 25.5 Å². The number of amides is 2. The first-order valence-electron chi connectivity index (χ1n) is 7.83. The van der Waals surface area contributed by atoms with Gasteiger partial charge in [-0.2, -0.15) is 0 Å². The first-order chi connectivity index (χ1) is 12.0. The lowest BCUT2D eigenvalue weighted by molar-refractivity contribution is -0.139. The first kappa shape index (κ1) is 18.9. The van der Waals surface area contributed by atoms with Crippen molar-refractivity contribution >= 4 is 23.6 Å². The molecule has 0 fully saturated rings. The highest BCUT2D eigenvalue weighted by Crippen LogP contribution is 2.34. The minimum atomic E-state index is -0.666. The maximum atomic E-state index is 12.4. The van der Waals surface area contributed by atoms with Gasteiger partial charge in [0, 0.05) is 5.70 Å². The number of hydrogen-bond donors (Lipinski definition) is 2. The van der Waals surface area contributed by atoms with Gasteiger partial charge in [-0.05, 0) is 31.5 Å². The Morgan fingerprint density at radius 3 is 2.72 bits per heavy atom. The number of rotatable bonds is 7. The Kier molecular flexibility index (Phi) is 6.52. The van der Waals surface area contributed by atoms with Gasteiger partial charge in [0.1, 0.15) is 6.61 Å². The van der Waals surface area contributed by atoms with Crippen molar-refractivity contribution in [1.82, 2.24) is 10.6 Å². The number of urea groups is 1. The van der Waals surface area contributed by atoms with Gasteiger partial charge >= 0.3 is 12.0 Å². The summed E-state index contributed by atoms with van der Waals surface area (Å²) >= 11 is 5.58. The van der Waals surface area contributed by atoms with Crippen LogP contribution < -0.4 is 20.1 Å². The maximum absolute atomic E-state index is 12.4. The Hall–Kier alpha value is -2.41. The van der Waals surface area contributed by atoms with E-state index in [0.29, 0.717) is 34.9 Å². The van der Waals surface area contributed by atoms with E-state index in [-0.39, 0.29) is 12.5 Å². The third-order valence-electron chi connectivity index (χ3n) is 3.62. The van der Waals surface area contributed by atoms with Crippen LogP contribution >= 0.6 is 11.6 Å². The smallest absolute Gasteiger partial charge is 0.338 e. The monoisotopic (exact) mass is 368 g/mol. The highest BCUT2D eigenvalue weighted by atomic mass is 35.5. The summed E-state index contributed by atoms with van der Waals surface area (Å²) in [6.45, 7) is 4.10. The molecule has 2 amide bonds. The molecule has 1 aliphatic rings. The quantitative estimate of drug-likeness (QED) is 0.570. The zero-order valence-corrected chi connectivity index (χ0v) is 15.1.